The van der Waals surface area contributed by atoms with Crippen LogP contribution in [-0.4, -0.2) is 55.6 Å². The SMILES string of the molecule is CCCN(CCC)Cc1nnc(-c2ncn3c2CN(C)C(=O)c2c-3ccc(F)c2Cl)o1.Cl. The zero-order chi connectivity index (χ0) is 22.1. The smallest absolute Gasteiger partial charge is 0.268 e. The van der Waals surface area contributed by atoms with Gasteiger partial charge in [0.15, 0.2) is 5.69 Å². The highest BCUT2D eigenvalue weighted by Gasteiger charge is 2.31. The molecule has 0 fully saturated rings. The topological polar surface area (TPSA) is 80.3 Å². The summed E-state index contributed by atoms with van der Waals surface area (Å²) < 4.78 is 21.7. The van der Waals surface area contributed by atoms with Crippen LogP contribution in [0, 0.1) is 5.82 Å². The predicted molar refractivity (Wildman–Crippen MR) is 121 cm³/mol. The number of fused-ring (bicyclic) bond motifs is 3. The lowest BCUT2D eigenvalue weighted by molar-refractivity contribution is 0.0788. The molecule has 0 aliphatic carbocycles. The van der Waals surface area contributed by atoms with Gasteiger partial charge < -0.3 is 9.32 Å². The molecule has 2 aromatic heterocycles. The molecule has 0 saturated heterocycles. The van der Waals surface area contributed by atoms with Crippen molar-refractivity contribution in [1.29, 1.82) is 0 Å². The largest absolute Gasteiger partial charge is 0.418 e. The average Bonchev–Trinajstić information content (AvgIpc) is 3.34. The van der Waals surface area contributed by atoms with Gasteiger partial charge in [-0.25, -0.2) is 9.37 Å². The van der Waals surface area contributed by atoms with E-state index in [4.69, 9.17) is 16.0 Å². The molecular formula is C21H25Cl2FN6O2. The van der Waals surface area contributed by atoms with E-state index in [9.17, 15) is 9.18 Å². The van der Waals surface area contributed by atoms with Crippen LogP contribution in [0.4, 0.5) is 4.39 Å². The van der Waals surface area contributed by atoms with E-state index in [1.54, 1.807) is 17.9 Å². The Hall–Kier alpha value is -2.49. The highest BCUT2D eigenvalue weighted by molar-refractivity contribution is 6.34. The molecule has 11 heteroatoms. The fourth-order valence-electron chi connectivity index (χ4n) is 3.85. The van der Waals surface area contributed by atoms with Crippen molar-refractivity contribution in [3.05, 3.63) is 46.4 Å². The molecule has 1 aliphatic rings. The first-order chi connectivity index (χ1) is 14.9. The summed E-state index contributed by atoms with van der Waals surface area (Å²) in [6.07, 6.45) is 3.64. The van der Waals surface area contributed by atoms with Crippen LogP contribution in [0.5, 0.6) is 0 Å². The third-order valence-electron chi connectivity index (χ3n) is 5.25. The number of hydrogen-bond acceptors (Lipinski definition) is 6. The van der Waals surface area contributed by atoms with Crippen LogP contribution in [0.15, 0.2) is 22.9 Å². The third kappa shape index (κ3) is 4.37. The highest BCUT2D eigenvalue weighted by atomic mass is 35.5. The van der Waals surface area contributed by atoms with Crippen molar-refractivity contribution in [2.45, 2.75) is 39.8 Å². The predicted octanol–water partition coefficient (Wildman–Crippen LogP) is 4.34. The fourth-order valence-corrected chi connectivity index (χ4v) is 4.09. The summed E-state index contributed by atoms with van der Waals surface area (Å²) in [7, 11) is 1.63. The molecule has 0 N–H and O–H groups in total. The molecule has 1 aromatic carbocycles. The number of halogens is 3. The van der Waals surface area contributed by atoms with Crippen LogP contribution in [-0.2, 0) is 13.1 Å². The van der Waals surface area contributed by atoms with E-state index in [2.05, 4.69) is 33.9 Å². The normalized spacial score (nSPS) is 13.1. The zero-order valence-electron chi connectivity index (χ0n) is 18.1. The second kappa shape index (κ2) is 9.97. The number of benzene rings is 1. The minimum atomic E-state index is -0.642. The number of carbonyl (C=O) groups excluding carboxylic acids is 1. The molecule has 0 radical (unpaired) electrons. The summed E-state index contributed by atoms with van der Waals surface area (Å²) in [4.78, 5) is 21.1. The Labute approximate surface area is 196 Å². The Bertz CT molecular complexity index is 1110. The van der Waals surface area contributed by atoms with Crippen LogP contribution in [0.1, 0.15) is 48.6 Å². The molecule has 0 atom stereocenters. The monoisotopic (exact) mass is 482 g/mol. The standard InChI is InChI=1S/C21H24ClFN6O2.ClH/c1-4-8-28(9-5-2)11-16-25-26-20(31-16)19-15-10-27(3)21(30)17-14(29(15)12-24-19)7-6-13(23)18(17)22;/h6-7,12H,4-5,8-11H2,1-3H3;1H. The van der Waals surface area contributed by atoms with Gasteiger partial charge in [0, 0.05) is 7.05 Å². The van der Waals surface area contributed by atoms with E-state index in [0.29, 0.717) is 29.5 Å². The minimum Gasteiger partial charge on any atom is -0.418 e. The molecule has 3 heterocycles. The Balaban J connectivity index is 0.00000289. The van der Waals surface area contributed by atoms with E-state index in [1.807, 2.05) is 0 Å². The second-order valence-electron chi connectivity index (χ2n) is 7.60. The van der Waals surface area contributed by atoms with Gasteiger partial charge in [-0.05, 0) is 38.1 Å². The lowest BCUT2D eigenvalue weighted by atomic mass is 10.1. The fraction of sp³-hybridized carbons (Fsp3) is 0.429. The maximum absolute atomic E-state index is 14.0. The Kier molecular flexibility index (Phi) is 7.53. The van der Waals surface area contributed by atoms with Crippen LogP contribution in [0.3, 0.4) is 0 Å². The van der Waals surface area contributed by atoms with Crippen molar-refractivity contribution < 1.29 is 13.6 Å². The van der Waals surface area contributed by atoms with Crippen LogP contribution >= 0.6 is 24.0 Å². The molecule has 1 amide bonds. The third-order valence-corrected chi connectivity index (χ3v) is 5.62. The molecule has 0 saturated carbocycles. The lowest BCUT2D eigenvalue weighted by Gasteiger charge is -2.18. The average molecular weight is 483 g/mol. The van der Waals surface area contributed by atoms with Gasteiger partial charge in [-0.15, -0.1) is 22.6 Å². The van der Waals surface area contributed by atoms with Gasteiger partial charge in [0.25, 0.3) is 11.8 Å². The molecule has 3 aromatic rings. The van der Waals surface area contributed by atoms with Crippen molar-refractivity contribution in [2.24, 2.45) is 0 Å². The van der Waals surface area contributed by atoms with Crippen molar-refractivity contribution in [3.8, 4) is 17.3 Å². The maximum atomic E-state index is 14.0. The van der Waals surface area contributed by atoms with E-state index in [1.165, 1.54) is 17.0 Å². The lowest BCUT2D eigenvalue weighted by Crippen LogP contribution is -2.25. The van der Waals surface area contributed by atoms with Gasteiger partial charge in [0.05, 0.1) is 35.1 Å². The second-order valence-corrected chi connectivity index (χ2v) is 7.98. The van der Waals surface area contributed by atoms with Crippen LogP contribution in [0.25, 0.3) is 17.3 Å². The number of nitrogens with zero attached hydrogens (tertiary/aromatic N) is 6. The molecule has 0 bridgehead atoms. The Morgan fingerprint density at radius 3 is 2.62 bits per heavy atom. The summed E-state index contributed by atoms with van der Waals surface area (Å²) >= 11 is 6.14. The quantitative estimate of drug-likeness (QED) is 0.498. The summed E-state index contributed by atoms with van der Waals surface area (Å²) in [5, 5.41) is 8.18. The molecule has 172 valence electrons. The van der Waals surface area contributed by atoms with Gasteiger partial charge in [0.2, 0.25) is 5.89 Å². The van der Waals surface area contributed by atoms with E-state index >= 15 is 0 Å². The van der Waals surface area contributed by atoms with Crippen LogP contribution < -0.4 is 0 Å². The number of imidazole rings is 1. The number of hydrogen-bond donors (Lipinski definition) is 0. The summed E-state index contributed by atoms with van der Waals surface area (Å²) in [6.45, 7) is 6.97. The summed E-state index contributed by atoms with van der Waals surface area (Å²) in [6, 6.07) is 2.76. The van der Waals surface area contributed by atoms with Crippen LogP contribution in [0.2, 0.25) is 5.02 Å². The van der Waals surface area contributed by atoms with E-state index < -0.39 is 5.82 Å². The molecule has 4 rings (SSSR count). The summed E-state index contributed by atoms with van der Waals surface area (Å²) in [5.41, 5.74) is 1.75. The highest BCUT2D eigenvalue weighted by Crippen LogP contribution is 2.34. The Morgan fingerprint density at radius 1 is 1.22 bits per heavy atom. The molecule has 32 heavy (non-hydrogen) atoms. The maximum Gasteiger partial charge on any atom is 0.268 e. The van der Waals surface area contributed by atoms with Gasteiger partial charge in [-0.1, -0.05) is 25.4 Å². The first kappa shape index (κ1) is 24.2. The first-order valence-electron chi connectivity index (χ1n) is 10.3. The minimum absolute atomic E-state index is 0. The van der Waals surface area contributed by atoms with Gasteiger partial charge in [-0.3, -0.25) is 14.3 Å². The first-order valence-corrected chi connectivity index (χ1v) is 10.7. The van der Waals surface area contributed by atoms with Crippen molar-refractivity contribution in [1.82, 2.24) is 29.5 Å². The van der Waals surface area contributed by atoms with Crippen molar-refractivity contribution in [3.63, 3.8) is 0 Å². The summed E-state index contributed by atoms with van der Waals surface area (Å²) in [5.74, 6) is -0.206. The van der Waals surface area contributed by atoms with Gasteiger partial charge in [-0.2, -0.15) is 0 Å². The van der Waals surface area contributed by atoms with Crippen molar-refractivity contribution >= 4 is 29.9 Å². The van der Waals surface area contributed by atoms with E-state index in [-0.39, 0.29) is 41.3 Å². The van der Waals surface area contributed by atoms with Gasteiger partial charge >= 0.3 is 0 Å². The molecule has 8 nitrogen and oxygen atoms in total. The number of rotatable bonds is 7. The molecule has 1 aliphatic heterocycles. The molecular weight excluding hydrogens is 458 g/mol. The number of aromatic nitrogens is 4. The Morgan fingerprint density at radius 2 is 1.94 bits per heavy atom. The molecule has 0 spiro atoms. The van der Waals surface area contributed by atoms with Crippen molar-refractivity contribution in [2.75, 3.05) is 20.1 Å². The van der Waals surface area contributed by atoms with E-state index in [0.717, 1.165) is 25.9 Å². The molecule has 0 unspecified atom stereocenters. The number of amides is 1. The zero-order valence-corrected chi connectivity index (χ0v) is 19.7. The van der Waals surface area contributed by atoms with Gasteiger partial charge in [0.1, 0.15) is 12.1 Å². The number of carbonyl (C=O) groups is 1.